The monoisotopic (exact) mass is 476 g/mol. The Kier molecular flexibility index (Phi) is 15.4. The van der Waals surface area contributed by atoms with E-state index in [9.17, 15) is 9.59 Å². The van der Waals surface area contributed by atoms with E-state index in [-0.39, 0.29) is 24.4 Å². The zero-order valence-electron chi connectivity index (χ0n) is 19.7. The summed E-state index contributed by atoms with van der Waals surface area (Å²) in [5.41, 5.74) is 0. The molecule has 4 N–H and O–H groups in total. The van der Waals surface area contributed by atoms with Gasteiger partial charge in [0.15, 0.2) is 0 Å². The SMILES string of the molecule is CC(=O)CC(C)(OO)OOC(C)(CC(C)=O)OO.CCC(C)(OO)OOC(C)(CC)OO. The van der Waals surface area contributed by atoms with E-state index in [1.807, 2.05) is 0 Å². The highest BCUT2D eigenvalue weighted by Crippen LogP contribution is 2.24. The lowest BCUT2D eigenvalue weighted by Gasteiger charge is -2.29. The number of hydrogen-bond donors (Lipinski definition) is 4. The molecule has 0 spiro atoms. The fourth-order valence-corrected chi connectivity index (χ4v) is 1.69. The maximum atomic E-state index is 10.9. The molecule has 4 atom stereocenters. The van der Waals surface area contributed by atoms with Crippen molar-refractivity contribution in [2.24, 2.45) is 0 Å². The zero-order chi connectivity index (χ0) is 25.6. The number of hydrogen-bond acceptors (Lipinski definition) is 14. The number of rotatable bonds is 16. The molecule has 14 heteroatoms. The first kappa shape index (κ1) is 33.0. The summed E-state index contributed by atoms with van der Waals surface area (Å²) in [6.07, 6.45) is 0.138. The third-order valence-electron chi connectivity index (χ3n) is 3.99. The second kappa shape index (κ2) is 14.9. The normalized spacial score (nSPS) is 18.9. The first-order chi connectivity index (χ1) is 14.6. The van der Waals surface area contributed by atoms with Crippen LogP contribution >= 0.6 is 0 Å². The van der Waals surface area contributed by atoms with Crippen LogP contribution in [0.4, 0.5) is 0 Å². The molecular formula is C18H36O14. The Hall–Kier alpha value is -1.14. The summed E-state index contributed by atoms with van der Waals surface area (Å²) >= 11 is 0. The molecule has 0 bridgehead atoms. The van der Waals surface area contributed by atoms with Gasteiger partial charge in [-0.2, -0.15) is 19.6 Å². The summed E-state index contributed by atoms with van der Waals surface area (Å²) in [5, 5.41) is 34.4. The average Bonchev–Trinajstić information content (AvgIpc) is 2.75. The summed E-state index contributed by atoms with van der Waals surface area (Å²) < 4.78 is 0. The molecule has 0 saturated carbocycles. The molecule has 0 saturated heterocycles. The van der Waals surface area contributed by atoms with Crippen LogP contribution < -0.4 is 0 Å². The topological polar surface area (TPSA) is 189 Å². The lowest BCUT2D eigenvalue weighted by atomic mass is 10.1. The van der Waals surface area contributed by atoms with E-state index in [0.717, 1.165) is 0 Å². The number of ketones is 2. The van der Waals surface area contributed by atoms with Crippen molar-refractivity contribution in [2.75, 3.05) is 0 Å². The predicted octanol–water partition coefficient (Wildman–Crippen LogP) is 3.47. The maximum absolute atomic E-state index is 10.9. The van der Waals surface area contributed by atoms with E-state index >= 15 is 0 Å². The number of carbonyl (C=O) groups is 2. The lowest BCUT2D eigenvalue weighted by Crippen LogP contribution is -2.41. The Morgan fingerprint density at radius 1 is 0.562 bits per heavy atom. The third kappa shape index (κ3) is 13.4. The molecule has 32 heavy (non-hydrogen) atoms. The van der Waals surface area contributed by atoms with Crippen molar-refractivity contribution >= 4 is 11.6 Å². The molecule has 0 aromatic carbocycles. The van der Waals surface area contributed by atoms with Gasteiger partial charge in [-0.25, -0.2) is 40.6 Å². The minimum atomic E-state index is -1.76. The Labute approximate surface area is 186 Å². The van der Waals surface area contributed by atoms with E-state index < -0.39 is 23.1 Å². The Morgan fingerprint density at radius 3 is 0.938 bits per heavy atom. The molecule has 0 aromatic heterocycles. The Bertz CT molecular complexity index is 500. The van der Waals surface area contributed by atoms with Crippen molar-refractivity contribution in [2.45, 2.75) is 104 Å². The lowest BCUT2D eigenvalue weighted by molar-refractivity contribution is -0.566. The van der Waals surface area contributed by atoms with Crippen LogP contribution in [0, 0.1) is 0 Å². The summed E-state index contributed by atoms with van der Waals surface area (Å²) in [6.45, 7) is 11.4. The van der Waals surface area contributed by atoms with Crippen LogP contribution in [0.15, 0.2) is 0 Å². The molecule has 0 aliphatic carbocycles. The standard InChI is InChI=1S/C10H18O8.C8H18O6/c1-7(11)5-9(3,15-13)17-18-10(4,16-14)6-8(2)12;1-5-7(3,11-9)13-14-8(4,6-2)12-10/h13-14H,5-6H2,1-4H3;9-10H,5-6H2,1-4H3. The smallest absolute Gasteiger partial charge is 0.237 e. The van der Waals surface area contributed by atoms with Gasteiger partial charge in [-0.3, -0.25) is 9.59 Å². The van der Waals surface area contributed by atoms with Crippen LogP contribution in [-0.2, 0) is 48.7 Å². The first-order valence-electron chi connectivity index (χ1n) is 9.64. The van der Waals surface area contributed by atoms with Gasteiger partial charge in [-0.1, -0.05) is 13.8 Å². The summed E-state index contributed by atoms with van der Waals surface area (Å²) in [7, 11) is 0. The van der Waals surface area contributed by atoms with Crippen molar-refractivity contribution < 1.29 is 69.7 Å². The number of carbonyl (C=O) groups excluding carboxylic acids is 2. The fourth-order valence-electron chi connectivity index (χ4n) is 1.69. The first-order valence-corrected chi connectivity index (χ1v) is 9.64. The largest absolute Gasteiger partial charge is 0.300 e. The predicted molar refractivity (Wildman–Crippen MR) is 104 cm³/mol. The van der Waals surface area contributed by atoms with E-state index in [0.29, 0.717) is 12.8 Å². The Morgan fingerprint density at radius 2 is 0.781 bits per heavy atom. The second-order valence-electron chi connectivity index (χ2n) is 7.70. The molecule has 0 radical (unpaired) electrons. The highest BCUT2D eigenvalue weighted by molar-refractivity contribution is 5.76. The van der Waals surface area contributed by atoms with Gasteiger partial charge in [0.05, 0.1) is 12.8 Å². The summed E-state index contributed by atoms with van der Waals surface area (Å²) in [4.78, 5) is 57.1. The van der Waals surface area contributed by atoms with Crippen molar-refractivity contribution in [3.63, 3.8) is 0 Å². The highest BCUT2D eigenvalue weighted by atomic mass is 17.3. The molecule has 0 fully saturated rings. The van der Waals surface area contributed by atoms with Gasteiger partial charge in [-0.15, -0.1) is 0 Å². The molecule has 4 unspecified atom stereocenters. The van der Waals surface area contributed by atoms with Crippen molar-refractivity contribution in [3.8, 4) is 0 Å². The van der Waals surface area contributed by atoms with E-state index in [4.69, 9.17) is 40.6 Å². The van der Waals surface area contributed by atoms with Gasteiger partial charge in [-0.05, 0) is 41.5 Å². The van der Waals surface area contributed by atoms with Crippen molar-refractivity contribution in [1.82, 2.24) is 0 Å². The quantitative estimate of drug-likeness (QED) is 0.144. The minimum Gasteiger partial charge on any atom is -0.300 e. The van der Waals surface area contributed by atoms with E-state index in [2.05, 4.69) is 19.6 Å². The van der Waals surface area contributed by atoms with Crippen LogP contribution in [0.2, 0.25) is 0 Å². The highest BCUT2D eigenvalue weighted by Gasteiger charge is 2.37. The van der Waals surface area contributed by atoms with E-state index in [1.54, 1.807) is 13.8 Å². The van der Waals surface area contributed by atoms with Crippen LogP contribution in [0.5, 0.6) is 0 Å². The average molecular weight is 476 g/mol. The van der Waals surface area contributed by atoms with Gasteiger partial charge in [0.25, 0.3) is 0 Å². The van der Waals surface area contributed by atoms with Gasteiger partial charge in [0.2, 0.25) is 23.1 Å². The van der Waals surface area contributed by atoms with Crippen molar-refractivity contribution in [1.29, 1.82) is 0 Å². The Balaban J connectivity index is 0. The molecule has 192 valence electrons. The van der Waals surface area contributed by atoms with Crippen LogP contribution in [0.1, 0.15) is 81.1 Å². The molecule has 14 nitrogen and oxygen atoms in total. The van der Waals surface area contributed by atoms with Gasteiger partial charge >= 0.3 is 0 Å². The molecule has 0 aliphatic heterocycles. The van der Waals surface area contributed by atoms with E-state index in [1.165, 1.54) is 41.5 Å². The third-order valence-corrected chi connectivity index (χ3v) is 3.99. The van der Waals surface area contributed by atoms with Gasteiger partial charge < -0.3 is 0 Å². The minimum absolute atomic E-state index is 0.301. The molecule has 0 aliphatic rings. The summed E-state index contributed by atoms with van der Waals surface area (Å²) in [6, 6.07) is 0. The molecule has 0 aromatic rings. The second-order valence-corrected chi connectivity index (χ2v) is 7.70. The van der Waals surface area contributed by atoms with Crippen LogP contribution in [-0.4, -0.2) is 55.7 Å². The fraction of sp³-hybridized carbons (Fsp3) is 0.889. The summed E-state index contributed by atoms with van der Waals surface area (Å²) in [5.74, 6) is -6.71. The van der Waals surface area contributed by atoms with Gasteiger partial charge in [0.1, 0.15) is 11.6 Å². The van der Waals surface area contributed by atoms with Crippen molar-refractivity contribution in [3.05, 3.63) is 0 Å². The van der Waals surface area contributed by atoms with Crippen LogP contribution in [0.25, 0.3) is 0 Å². The van der Waals surface area contributed by atoms with Crippen LogP contribution in [0.3, 0.4) is 0 Å². The molecule has 0 heterocycles. The zero-order valence-corrected chi connectivity index (χ0v) is 19.7. The molecule has 0 rings (SSSR count). The number of Topliss-reactive ketones (excluding diaryl/α,β-unsaturated/α-hetero) is 2. The van der Waals surface area contributed by atoms with Gasteiger partial charge in [0, 0.05) is 12.8 Å². The molecule has 0 amide bonds. The molecular weight excluding hydrogens is 440 g/mol. The maximum Gasteiger partial charge on any atom is 0.237 e.